The third-order valence-electron chi connectivity index (χ3n) is 9.30. The van der Waals surface area contributed by atoms with Gasteiger partial charge >= 0.3 is 25.7 Å². The van der Waals surface area contributed by atoms with Crippen LogP contribution in [0.25, 0.3) is 0 Å². The number of esters is 2. The lowest BCUT2D eigenvalue weighted by Crippen LogP contribution is -2.34. The lowest BCUT2D eigenvalue weighted by molar-refractivity contribution is -0.161. The van der Waals surface area contributed by atoms with E-state index in [2.05, 4.69) is 91.3 Å². The summed E-state index contributed by atoms with van der Waals surface area (Å²) in [7, 11) is -4.75. The Bertz CT molecular complexity index is 1410. The van der Waals surface area contributed by atoms with Gasteiger partial charge < -0.3 is 25.2 Å². The molecule has 0 aromatic rings. The molecule has 0 heterocycles. The highest BCUT2D eigenvalue weighted by molar-refractivity contribution is 7.47. The molecule has 0 bridgehead atoms. The summed E-state index contributed by atoms with van der Waals surface area (Å²) in [6.07, 6.45) is 56.3. The SMILES string of the molecule is CCCCC/C=C/C/C=C/C/C=C/C/C=C/CCCC(=O)OC[C@H](COP(=O)(O)OC[C@H](N)C(=O)O)OC(=O)CCC/C=C/C/C=C/C/C=C/C/C=C/CCCCCCCCC. The first kappa shape index (κ1) is 58.4. The van der Waals surface area contributed by atoms with Crippen LogP contribution in [0.15, 0.2) is 97.2 Å². The Labute approximate surface area is 375 Å². The first-order valence-electron chi connectivity index (χ1n) is 23.3. The third kappa shape index (κ3) is 43.1. The largest absolute Gasteiger partial charge is 0.480 e. The topological polar surface area (TPSA) is 172 Å². The number of allylic oxidation sites excluding steroid dienone is 16. The summed E-state index contributed by atoms with van der Waals surface area (Å²) < 4.78 is 32.6. The van der Waals surface area contributed by atoms with Gasteiger partial charge in [-0.3, -0.25) is 23.4 Å². The van der Waals surface area contributed by atoms with Gasteiger partial charge in [-0.25, -0.2) is 4.57 Å². The minimum atomic E-state index is -4.75. The molecular weight excluding hydrogens is 806 g/mol. The van der Waals surface area contributed by atoms with Crippen LogP contribution in [-0.4, -0.2) is 59.9 Å². The van der Waals surface area contributed by atoms with Gasteiger partial charge in [0.1, 0.15) is 12.6 Å². The maximum Gasteiger partial charge on any atom is 0.472 e. The molecule has 4 N–H and O–H groups in total. The summed E-state index contributed by atoms with van der Waals surface area (Å²) in [5, 5.41) is 8.90. The molecule has 12 heteroatoms. The Morgan fingerprint density at radius 2 is 0.855 bits per heavy atom. The van der Waals surface area contributed by atoms with Gasteiger partial charge in [-0.15, -0.1) is 0 Å². The van der Waals surface area contributed by atoms with Crippen molar-refractivity contribution in [2.75, 3.05) is 19.8 Å². The number of ether oxygens (including phenoxy) is 2. The molecule has 0 aliphatic carbocycles. The smallest absolute Gasteiger partial charge is 0.472 e. The average Bonchev–Trinajstić information content (AvgIpc) is 3.25. The summed E-state index contributed by atoms with van der Waals surface area (Å²) in [5.74, 6) is -2.53. The van der Waals surface area contributed by atoms with Crippen LogP contribution in [0.1, 0.15) is 168 Å². The number of hydrogen-bond acceptors (Lipinski definition) is 9. The molecule has 0 spiro atoms. The first-order chi connectivity index (χ1) is 30.1. The second-order valence-electron chi connectivity index (χ2n) is 15.2. The van der Waals surface area contributed by atoms with E-state index in [4.69, 9.17) is 24.8 Å². The molecule has 1 unspecified atom stereocenters. The van der Waals surface area contributed by atoms with Crippen LogP contribution < -0.4 is 5.73 Å². The molecule has 0 aromatic carbocycles. The molecule has 0 saturated heterocycles. The highest BCUT2D eigenvalue weighted by Gasteiger charge is 2.28. The van der Waals surface area contributed by atoms with Crippen molar-refractivity contribution in [2.24, 2.45) is 5.73 Å². The number of carboxylic acid groups (broad SMARTS) is 1. The fourth-order valence-corrected chi connectivity index (χ4v) is 6.42. The van der Waals surface area contributed by atoms with Crippen LogP contribution in [0.3, 0.4) is 0 Å². The lowest BCUT2D eigenvalue weighted by Gasteiger charge is -2.20. The summed E-state index contributed by atoms with van der Waals surface area (Å²) in [5.41, 5.74) is 5.33. The minimum absolute atomic E-state index is 0.0682. The number of carboxylic acids is 1. The van der Waals surface area contributed by atoms with Crippen molar-refractivity contribution in [3.05, 3.63) is 97.2 Å². The Hall–Kier alpha value is -3.60. The van der Waals surface area contributed by atoms with Gasteiger partial charge in [0, 0.05) is 12.8 Å². The number of rotatable bonds is 42. The van der Waals surface area contributed by atoms with Gasteiger partial charge in [0.25, 0.3) is 0 Å². The van der Waals surface area contributed by atoms with Crippen LogP contribution in [0.5, 0.6) is 0 Å². The molecule has 352 valence electrons. The second kappa shape index (κ2) is 44.0. The van der Waals surface area contributed by atoms with E-state index in [1.54, 1.807) is 0 Å². The number of hydrogen-bond donors (Lipinski definition) is 3. The zero-order chi connectivity index (χ0) is 45.6. The molecule has 0 saturated carbocycles. The van der Waals surface area contributed by atoms with Crippen molar-refractivity contribution in [1.82, 2.24) is 0 Å². The maximum atomic E-state index is 12.6. The molecular formula is C50H82NO10P. The number of carbonyl (C=O) groups is 3. The number of carbonyl (C=O) groups excluding carboxylic acids is 2. The average molecular weight is 888 g/mol. The quantitative estimate of drug-likeness (QED) is 0.0230. The third-order valence-corrected chi connectivity index (χ3v) is 10.3. The van der Waals surface area contributed by atoms with Crippen molar-refractivity contribution in [1.29, 1.82) is 0 Å². The Kier molecular flexibility index (Phi) is 41.5. The summed E-state index contributed by atoms with van der Waals surface area (Å²) in [4.78, 5) is 46.0. The van der Waals surface area contributed by atoms with Gasteiger partial charge in [-0.05, 0) is 89.9 Å². The lowest BCUT2D eigenvalue weighted by atomic mass is 10.1. The predicted octanol–water partition coefficient (Wildman–Crippen LogP) is 12.8. The number of phosphoric ester groups is 1. The number of phosphoric acid groups is 1. The zero-order valence-corrected chi connectivity index (χ0v) is 39.1. The molecule has 0 amide bonds. The number of nitrogens with two attached hydrogens (primary N) is 1. The van der Waals surface area contributed by atoms with Gasteiger partial charge in [0.15, 0.2) is 6.10 Å². The summed E-state index contributed by atoms with van der Waals surface area (Å²) in [6.45, 7) is 2.65. The number of aliphatic carboxylic acids is 1. The summed E-state index contributed by atoms with van der Waals surface area (Å²) in [6, 6.07) is -1.54. The van der Waals surface area contributed by atoms with E-state index in [1.165, 1.54) is 64.2 Å². The Morgan fingerprint density at radius 3 is 1.31 bits per heavy atom. The molecule has 62 heavy (non-hydrogen) atoms. The van der Waals surface area contributed by atoms with E-state index in [-0.39, 0.29) is 12.8 Å². The van der Waals surface area contributed by atoms with Crippen molar-refractivity contribution in [3.63, 3.8) is 0 Å². The summed E-state index contributed by atoms with van der Waals surface area (Å²) >= 11 is 0. The minimum Gasteiger partial charge on any atom is -0.480 e. The fourth-order valence-electron chi connectivity index (χ4n) is 5.64. The highest BCUT2D eigenvalue weighted by Crippen LogP contribution is 2.43. The van der Waals surface area contributed by atoms with Crippen molar-refractivity contribution >= 4 is 25.7 Å². The molecule has 0 aromatic heterocycles. The van der Waals surface area contributed by atoms with E-state index in [9.17, 15) is 23.8 Å². The van der Waals surface area contributed by atoms with Gasteiger partial charge in [-0.2, -0.15) is 0 Å². The van der Waals surface area contributed by atoms with E-state index >= 15 is 0 Å². The molecule has 11 nitrogen and oxygen atoms in total. The Balaban J connectivity index is 4.53. The van der Waals surface area contributed by atoms with Gasteiger partial charge in [-0.1, -0.05) is 162 Å². The van der Waals surface area contributed by atoms with E-state index < -0.39 is 57.7 Å². The fraction of sp³-hybridized carbons (Fsp3) is 0.620. The second-order valence-corrected chi connectivity index (χ2v) is 16.6. The van der Waals surface area contributed by atoms with Crippen LogP contribution in [0.4, 0.5) is 0 Å². The van der Waals surface area contributed by atoms with Crippen LogP contribution in [0, 0.1) is 0 Å². The van der Waals surface area contributed by atoms with Crippen LogP contribution >= 0.6 is 7.82 Å². The number of unbranched alkanes of at least 4 members (excludes halogenated alkanes) is 12. The van der Waals surface area contributed by atoms with E-state index in [0.29, 0.717) is 25.7 Å². The highest BCUT2D eigenvalue weighted by atomic mass is 31.2. The van der Waals surface area contributed by atoms with Crippen molar-refractivity contribution in [3.8, 4) is 0 Å². The molecule has 3 atom stereocenters. The molecule has 0 fully saturated rings. The first-order valence-corrected chi connectivity index (χ1v) is 24.8. The van der Waals surface area contributed by atoms with Crippen LogP contribution in [-0.2, 0) is 37.5 Å². The molecule has 0 radical (unpaired) electrons. The Morgan fingerprint density at radius 1 is 0.500 bits per heavy atom. The molecule has 0 aliphatic heterocycles. The van der Waals surface area contributed by atoms with Gasteiger partial charge in [0.05, 0.1) is 13.2 Å². The maximum absolute atomic E-state index is 12.6. The molecule has 0 aliphatic rings. The van der Waals surface area contributed by atoms with Crippen molar-refractivity contribution < 1.29 is 47.5 Å². The van der Waals surface area contributed by atoms with Crippen molar-refractivity contribution in [2.45, 2.75) is 180 Å². The van der Waals surface area contributed by atoms with Crippen LogP contribution in [0.2, 0.25) is 0 Å². The molecule has 0 rings (SSSR count). The zero-order valence-electron chi connectivity index (χ0n) is 38.2. The monoisotopic (exact) mass is 888 g/mol. The standard InChI is InChI=1S/C50H82NO10P/c1-3-5-7-9-11-13-15-17-19-21-22-23-24-26-28-30-32-34-36-38-40-42-49(53)61-46(44-59-62(56,57)60-45-47(51)50(54)55)43-58-48(52)41-39-37-35-33-31-29-27-25-20-18-16-14-12-10-8-6-4-2/h12,14,18-21,23-24,27-30,33-36,46-47H,3-11,13,15-17,22,25-26,31-32,37-45,51H2,1-2H3,(H,54,55)(H,56,57)/b14-12+,20-18+,21-19+,24-23+,29-27+,30-28+,35-33+,36-34+/t46-,47+/m1/s1. The predicted molar refractivity (Wildman–Crippen MR) is 253 cm³/mol. The van der Waals surface area contributed by atoms with E-state index in [0.717, 1.165) is 51.4 Å². The van der Waals surface area contributed by atoms with E-state index in [1.807, 2.05) is 24.3 Å². The van der Waals surface area contributed by atoms with Gasteiger partial charge in [0.2, 0.25) is 0 Å². The normalized spacial score (nSPS) is 14.5.